The third-order valence-electron chi connectivity index (χ3n) is 3.90. The van der Waals surface area contributed by atoms with Crippen molar-refractivity contribution in [1.29, 1.82) is 0 Å². The first-order valence-corrected chi connectivity index (χ1v) is 12.4. The van der Waals surface area contributed by atoms with Crippen LogP contribution in [-0.4, -0.2) is 45.4 Å². The van der Waals surface area contributed by atoms with Gasteiger partial charge in [-0.1, -0.05) is 57.2 Å². The zero-order chi connectivity index (χ0) is 19.6. The predicted molar refractivity (Wildman–Crippen MR) is 106 cm³/mol. The summed E-state index contributed by atoms with van der Waals surface area (Å²) in [5, 5.41) is 0.0463. The number of halogens is 3. The second-order valence-corrected chi connectivity index (χ2v) is 12.9. The average Bonchev–Trinajstić information content (AvgIpc) is 2.50. The zero-order valence-electron chi connectivity index (χ0n) is 15.9. The molecule has 0 unspecified atom stereocenters. The van der Waals surface area contributed by atoms with Crippen LogP contribution in [0.2, 0.25) is 18.1 Å². The Labute approximate surface area is 155 Å². The predicted octanol–water partition coefficient (Wildman–Crippen LogP) is 6.06. The minimum Gasteiger partial charge on any atom is -0.415 e. The molecule has 0 spiro atoms. The van der Waals surface area contributed by atoms with Crippen molar-refractivity contribution < 1.29 is 17.6 Å². The summed E-state index contributed by atoms with van der Waals surface area (Å²) in [7, 11) is -1.94. The average molecular weight is 394 g/mol. The van der Waals surface area contributed by atoms with E-state index in [2.05, 4.69) is 38.9 Å². The highest BCUT2D eigenvalue weighted by Gasteiger charge is 2.37. The van der Waals surface area contributed by atoms with Crippen LogP contribution in [-0.2, 0) is 4.43 Å². The molecule has 0 bridgehead atoms. The van der Waals surface area contributed by atoms with E-state index in [-0.39, 0.29) is 17.9 Å². The smallest absolute Gasteiger partial charge is 0.415 e. The number of hydrogen-bond acceptors (Lipinski definition) is 3. The molecule has 0 N–H and O–H groups in total. The molecule has 0 fully saturated rings. The normalized spacial score (nSPS) is 14.1. The van der Waals surface area contributed by atoms with Crippen LogP contribution in [0.1, 0.15) is 20.8 Å². The Hall–Kier alpha value is -0.793. The third kappa shape index (κ3) is 12.2. The molecule has 2 nitrogen and oxygen atoms in total. The van der Waals surface area contributed by atoms with Crippen molar-refractivity contribution in [2.75, 3.05) is 18.6 Å². The van der Waals surface area contributed by atoms with E-state index in [4.69, 9.17) is 4.43 Å². The van der Waals surface area contributed by atoms with Gasteiger partial charge in [0, 0.05) is 5.75 Å². The van der Waals surface area contributed by atoms with Crippen molar-refractivity contribution in [2.24, 2.45) is 4.99 Å². The first-order chi connectivity index (χ1) is 11.4. The lowest BCUT2D eigenvalue weighted by Crippen LogP contribution is -2.42. The summed E-state index contributed by atoms with van der Waals surface area (Å²) in [4.78, 5) is 3.60. The molecule has 0 radical (unpaired) electrons. The van der Waals surface area contributed by atoms with Gasteiger partial charge in [-0.2, -0.15) is 24.9 Å². The van der Waals surface area contributed by atoms with Gasteiger partial charge in [0.1, 0.15) is 6.21 Å². The van der Waals surface area contributed by atoms with E-state index in [1.165, 1.54) is 11.8 Å². The summed E-state index contributed by atoms with van der Waals surface area (Å²) in [6.45, 7) is 10.7. The summed E-state index contributed by atoms with van der Waals surface area (Å²) in [6.07, 6.45) is -2.43. The molecule has 144 valence electrons. The Balaban J connectivity index is 0.000000796. The second kappa shape index (κ2) is 11.0. The number of nitrogens with zero attached hydrogens (tertiary/aromatic N) is 1. The van der Waals surface area contributed by atoms with E-state index in [0.717, 1.165) is 0 Å². The lowest BCUT2D eigenvalue weighted by Gasteiger charge is -2.36. The molecular weight excluding hydrogens is 363 g/mol. The van der Waals surface area contributed by atoms with Crippen LogP contribution in [0.5, 0.6) is 0 Å². The maximum Gasteiger partial charge on any atom is 0.426 e. The summed E-state index contributed by atoms with van der Waals surface area (Å²) < 4.78 is 42.3. The topological polar surface area (TPSA) is 21.6 Å². The highest BCUT2D eigenvalue weighted by molar-refractivity contribution is 7.98. The van der Waals surface area contributed by atoms with Gasteiger partial charge in [-0.05, 0) is 24.4 Å². The first-order valence-electron chi connectivity index (χ1n) is 8.13. The molecule has 0 aliphatic heterocycles. The highest BCUT2D eigenvalue weighted by Crippen LogP contribution is 2.36. The molecule has 1 aromatic rings. The molecule has 7 heteroatoms. The van der Waals surface area contributed by atoms with Crippen LogP contribution in [0.3, 0.4) is 0 Å². The van der Waals surface area contributed by atoms with Crippen molar-refractivity contribution in [2.45, 2.75) is 51.1 Å². The molecule has 25 heavy (non-hydrogen) atoms. The van der Waals surface area contributed by atoms with Crippen LogP contribution in [0.4, 0.5) is 13.2 Å². The van der Waals surface area contributed by atoms with Crippen LogP contribution in [0, 0.1) is 0 Å². The van der Waals surface area contributed by atoms with Crippen LogP contribution < -0.4 is 0 Å². The second-order valence-electron chi connectivity index (χ2n) is 7.15. The van der Waals surface area contributed by atoms with Crippen molar-refractivity contribution >= 4 is 26.3 Å². The Morgan fingerprint density at radius 3 is 1.80 bits per heavy atom. The van der Waals surface area contributed by atoms with Gasteiger partial charge in [0.05, 0.1) is 12.6 Å². The first kappa shape index (κ1) is 24.2. The fourth-order valence-corrected chi connectivity index (χ4v) is 3.03. The highest BCUT2D eigenvalue weighted by atomic mass is 32.2. The lowest BCUT2D eigenvalue weighted by atomic mass is 10.2. The molecule has 1 atom stereocenters. The minimum atomic E-state index is -4.35. The van der Waals surface area contributed by atoms with E-state index in [1.807, 2.05) is 42.7 Å². The molecule has 0 aliphatic carbocycles. The molecule has 0 saturated carbocycles. The van der Waals surface area contributed by atoms with Gasteiger partial charge in [0.2, 0.25) is 0 Å². The quantitative estimate of drug-likeness (QED) is 0.433. The zero-order valence-corrected chi connectivity index (χ0v) is 17.7. The van der Waals surface area contributed by atoms with Gasteiger partial charge in [0.15, 0.2) is 8.32 Å². The number of alkyl halides is 3. The lowest BCUT2D eigenvalue weighted by molar-refractivity contribution is -0.0539. The number of benzene rings is 1. The molecular formula is C18H30F3NOSSi. The third-order valence-corrected chi connectivity index (χ3v) is 9.12. The van der Waals surface area contributed by atoms with E-state index in [1.54, 1.807) is 0 Å². The fraction of sp³-hybridized carbons (Fsp3) is 0.611. The molecule has 1 rings (SSSR count). The number of thioether (sulfide) groups is 1. The Morgan fingerprint density at radius 2 is 1.48 bits per heavy atom. The van der Waals surface area contributed by atoms with E-state index in [9.17, 15) is 13.2 Å². The monoisotopic (exact) mass is 393 g/mol. The Morgan fingerprint density at radius 1 is 1.04 bits per heavy atom. The van der Waals surface area contributed by atoms with Crippen molar-refractivity contribution in [3.63, 3.8) is 0 Å². The Kier molecular flexibility index (Phi) is 10.7. The maximum atomic E-state index is 12.1. The maximum absolute atomic E-state index is 12.1. The number of hydrogen-bond donors (Lipinski definition) is 0. The summed E-state index contributed by atoms with van der Waals surface area (Å²) in [6, 6.07) is 11.6. The number of aliphatic imine (C=N–C) groups is 1. The van der Waals surface area contributed by atoms with Gasteiger partial charge >= 0.3 is 6.18 Å². The minimum absolute atomic E-state index is 0.0463. The summed E-state index contributed by atoms with van der Waals surface area (Å²) >= 11 is 1.47. The van der Waals surface area contributed by atoms with Gasteiger partial charge in [0.25, 0.3) is 0 Å². The van der Waals surface area contributed by atoms with Gasteiger partial charge in [-0.15, -0.1) is 0 Å². The van der Waals surface area contributed by atoms with Gasteiger partial charge in [-0.25, -0.2) is 0 Å². The van der Waals surface area contributed by atoms with Crippen LogP contribution in [0.25, 0.3) is 0 Å². The van der Waals surface area contributed by atoms with Crippen LogP contribution in [0.15, 0.2) is 41.4 Å². The van der Waals surface area contributed by atoms with Crippen molar-refractivity contribution in [3.05, 3.63) is 36.4 Å². The van der Waals surface area contributed by atoms with E-state index < -0.39 is 20.5 Å². The summed E-state index contributed by atoms with van der Waals surface area (Å²) in [5.74, 6) is 0.529. The van der Waals surface area contributed by atoms with E-state index >= 15 is 0 Å². The van der Waals surface area contributed by atoms with Crippen molar-refractivity contribution in [3.8, 4) is 0 Å². The fourth-order valence-electron chi connectivity index (χ4n) is 1.42. The largest absolute Gasteiger partial charge is 0.426 e. The number of rotatable bonds is 6. The van der Waals surface area contributed by atoms with Crippen LogP contribution >= 0.6 is 11.8 Å². The molecule has 0 heterocycles. The summed E-state index contributed by atoms with van der Waals surface area (Å²) in [5.41, 5.74) is 0. The molecule has 0 aliphatic rings. The standard InChI is InChI=1S/C12H24F3NOSSi.C6H6/c1-11(2,3)19(5,6)17-7-10(8-18-4)16-9-12(13,14)15;1-2-4-6-5-3-1/h9-10H,7-8H2,1-6H3;1-6H/t10-;/m1./s1. The van der Waals surface area contributed by atoms with E-state index in [0.29, 0.717) is 5.75 Å². The van der Waals surface area contributed by atoms with Gasteiger partial charge < -0.3 is 4.43 Å². The molecule has 0 aromatic heterocycles. The van der Waals surface area contributed by atoms with Crippen molar-refractivity contribution in [1.82, 2.24) is 0 Å². The Bertz CT molecular complexity index is 461. The molecule has 1 aromatic carbocycles. The molecule has 0 saturated heterocycles. The SMILES string of the molecule is CSC[C@@H](CO[Si](C)(C)C(C)(C)C)N=CC(F)(F)F.c1ccccc1. The molecule has 0 amide bonds. The van der Waals surface area contributed by atoms with Gasteiger partial charge in [-0.3, -0.25) is 4.99 Å².